The molecule has 1 aliphatic heterocycles. The Bertz CT molecular complexity index is 1180. The second kappa shape index (κ2) is 4.06. The molecule has 2 aromatic carbocycles. The number of rotatable bonds is 0. The first-order valence-corrected chi connectivity index (χ1v) is 6.54. The molecule has 4 nitrogen and oxygen atoms in total. The van der Waals surface area contributed by atoms with E-state index in [9.17, 15) is 9.59 Å². The van der Waals surface area contributed by atoms with Crippen molar-refractivity contribution >= 4 is 21.9 Å². The van der Waals surface area contributed by atoms with Crippen LogP contribution in [-0.2, 0) is 0 Å². The molecule has 0 radical (unpaired) electrons. The van der Waals surface area contributed by atoms with Crippen molar-refractivity contribution in [1.82, 2.24) is 0 Å². The fourth-order valence-electron chi connectivity index (χ4n) is 2.51. The Morgan fingerprint density at radius 3 is 1.95 bits per heavy atom. The average molecular weight is 278 g/mol. The maximum absolute atomic E-state index is 12.5. The lowest BCUT2D eigenvalue weighted by Gasteiger charge is -2.01. The molecule has 0 amide bonds. The smallest absolute Gasteiger partial charge is 0.233 e. The Morgan fingerprint density at radius 2 is 1.33 bits per heavy atom. The zero-order chi connectivity index (χ0) is 14.6. The summed E-state index contributed by atoms with van der Waals surface area (Å²) in [5.41, 5.74) is 1.16. The summed E-state index contributed by atoms with van der Waals surface area (Å²) >= 11 is 0. The first-order chi connectivity index (χ1) is 10.1. The molecule has 102 valence electrons. The van der Waals surface area contributed by atoms with Crippen molar-refractivity contribution in [2.24, 2.45) is 0 Å². The second-order valence-electron chi connectivity index (χ2n) is 5.02. The van der Waals surface area contributed by atoms with Crippen molar-refractivity contribution in [3.8, 4) is 0 Å². The largest absolute Gasteiger partial charge is 0.445 e. The Balaban J connectivity index is 2.40. The van der Waals surface area contributed by atoms with E-state index < -0.39 is 0 Å². The molecule has 4 heteroatoms. The zero-order valence-electron chi connectivity index (χ0n) is 11.2. The van der Waals surface area contributed by atoms with Crippen LogP contribution in [0.1, 0.15) is 5.56 Å². The van der Waals surface area contributed by atoms with Crippen LogP contribution >= 0.6 is 0 Å². The Morgan fingerprint density at radius 1 is 0.762 bits per heavy atom. The summed E-state index contributed by atoms with van der Waals surface area (Å²) in [6.07, 6.45) is 0. The third kappa shape index (κ3) is 1.62. The van der Waals surface area contributed by atoms with E-state index >= 15 is 0 Å². The van der Waals surface area contributed by atoms with Gasteiger partial charge in [0, 0.05) is 10.8 Å². The highest BCUT2D eigenvalue weighted by atomic mass is 16.4. The molecule has 0 bridgehead atoms. The summed E-state index contributed by atoms with van der Waals surface area (Å²) in [7, 11) is 0. The van der Waals surface area contributed by atoms with Crippen LogP contribution in [0.5, 0.6) is 0 Å². The molecule has 0 aromatic heterocycles. The Kier molecular flexibility index (Phi) is 2.30. The highest BCUT2D eigenvalue weighted by Gasteiger charge is 2.12. The molecule has 1 aliphatic carbocycles. The molecule has 0 atom stereocenters. The van der Waals surface area contributed by atoms with Crippen LogP contribution in [0.4, 0.5) is 0 Å². The molecular formula is C17H10O4. The number of fused-ring (bicyclic) bond motifs is 2. The Labute approximate surface area is 117 Å². The van der Waals surface area contributed by atoms with Gasteiger partial charge < -0.3 is 8.83 Å². The van der Waals surface area contributed by atoms with Crippen LogP contribution in [0.2, 0.25) is 0 Å². The maximum Gasteiger partial charge on any atom is 0.233 e. The lowest BCUT2D eigenvalue weighted by molar-refractivity contribution is 0.466. The molecule has 0 N–H and O–H groups in total. The monoisotopic (exact) mass is 278 g/mol. The van der Waals surface area contributed by atoms with Gasteiger partial charge in [-0.1, -0.05) is 30.3 Å². The van der Waals surface area contributed by atoms with Gasteiger partial charge in [-0.05, 0) is 24.6 Å². The summed E-state index contributed by atoms with van der Waals surface area (Å²) in [6.45, 7) is 1.91. The van der Waals surface area contributed by atoms with Crippen molar-refractivity contribution in [1.29, 1.82) is 0 Å². The number of hydrogen-bond acceptors (Lipinski definition) is 4. The van der Waals surface area contributed by atoms with E-state index in [0.717, 1.165) is 5.56 Å². The van der Waals surface area contributed by atoms with Crippen molar-refractivity contribution in [3.63, 3.8) is 0 Å². The van der Waals surface area contributed by atoms with E-state index in [0.29, 0.717) is 21.9 Å². The molecule has 0 fully saturated rings. The zero-order valence-corrected chi connectivity index (χ0v) is 11.2. The van der Waals surface area contributed by atoms with Crippen LogP contribution < -0.4 is 10.9 Å². The molecule has 21 heavy (non-hydrogen) atoms. The van der Waals surface area contributed by atoms with Crippen molar-refractivity contribution in [2.45, 2.75) is 6.92 Å². The summed E-state index contributed by atoms with van der Waals surface area (Å²) in [6, 6.07) is 12.0. The molecule has 0 saturated carbocycles. The fraction of sp³-hybridized carbons (Fsp3) is 0.0588. The molecule has 0 unspecified atom stereocenters. The van der Waals surface area contributed by atoms with Gasteiger partial charge in [0.05, 0.1) is 0 Å². The predicted octanol–water partition coefficient (Wildman–Crippen LogP) is 2.93. The highest BCUT2D eigenvalue weighted by molar-refractivity contribution is 5.82. The first-order valence-electron chi connectivity index (χ1n) is 6.54. The maximum atomic E-state index is 12.5. The predicted molar refractivity (Wildman–Crippen MR) is 78.6 cm³/mol. The van der Waals surface area contributed by atoms with Gasteiger partial charge in [-0.15, -0.1) is 0 Å². The number of hydrogen-bond donors (Lipinski definition) is 0. The van der Waals surface area contributed by atoms with Gasteiger partial charge in [-0.2, -0.15) is 0 Å². The van der Waals surface area contributed by atoms with Crippen LogP contribution in [-0.4, -0.2) is 0 Å². The number of benzene rings is 2. The van der Waals surface area contributed by atoms with Gasteiger partial charge in [-0.25, -0.2) is 0 Å². The Hall–Kier alpha value is -2.88. The van der Waals surface area contributed by atoms with E-state index in [-0.39, 0.29) is 21.7 Å². The summed E-state index contributed by atoms with van der Waals surface area (Å²) in [5, 5.41) is 0.696. The van der Waals surface area contributed by atoms with E-state index in [4.69, 9.17) is 8.83 Å². The van der Waals surface area contributed by atoms with Gasteiger partial charge in [0.2, 0.25) is 21.7 Å². The third-order valence-electron chi connectivity index (χ3n) is 3.56. The minimum absolute atomic E-state index is 0.0307. The van der Waals surface area contributed by atoms with Gasteiger partial charge in [0.25, 0.3) is 0 Å². The van der Waals surface area contributed by atoms with Crippen LogP contribution in [0.25, 0.3) is 21.9 Å². The molecule has 1 heterocycles. The molecule has 0 saturated heterocycles. The minimum atomic E-state index is -0.327. The van der Waals surface area contributed by atoms with Crippen molar-refractivity contribution in [2.75, 3.05) is 0 Å². The minimum Gasteiger partial charge on any atom is -0.445 e. The molecular weight excluding hydrogens is 268 g/mol. The fourth-order valence-corrected chi connectivity index (χ4v) is 2.51. The van der Waals surface area contributed by atoms with Gasteiger partial charge in [0.15, 0.2) is 11.2 Å². The summed E-state index contributed by atoms with van der Waals surface area (Å²) in [4.78, 5) is 24.9. The second-order valence-corrected chi connectivity index (χ2v) is 5.02. The summed E-state index contributed by atoms with van der Waals surface area (Å²) in [5.74, 6) is 0. The molecule has 0 spiro atoms. The third-order valence-corrected chi connectivity index (χ3v) is 3.56. The normalized spacial score (nSPS) is 11.5. The van der Waals surface area contributed by atoms with E-state index in [1.807, 2.05) is 13.0 Å². The van der Waals surface area contributed by atoms with Crippen LogP contribution in [0.3, 0.4) is 0 Å². The molecule has 4 rings (SSSR count). The lowest BCUT2D eigenvalue weighted by atomic mass is 10.1. The SMILES string of the molecule is Cc1ccc2oc3c(=O)c4ccccc4c(=O)c=3oc2c1. The van der Waals surface area contributed by atoms with Gasteiger partial charge in [-0.3, -0.25) is 9.59 Å². The summed E-state index contributed by atoms with van der Waals surface area (Å²) < 4.78 is 11.3. The van der Waals surface area contributed by atoms with Crippen LogP contribution in [0, 0.1) is 17.8 Å². The quantitative estimate of drug-likeness (QED) is 0.496. The van der Waals surface area contributed by atoms with E-state index in [1.54, 1.807) is 36.4 Å². The van der Waals surface area contributed by atoms with E-state index in [2.05, 4.69) is 0 Å². The molecule has 2 aliphatic rings. The van der Waals surface area contributed by atoms with Crippen LogP contribution in [0.15, 0.2) is 60.9 Å². The van der Waals surface area contributed by atoms with Crippen molar-refractivity contribution < 1.29 is 8.83 Å². The van der Waals surface area contributed by atoms with Gasteiger partial charge in [0.1, 0.15) is 0 Å². The van der Waals surface area contributed by atoms with Gasteiger partial charge >= 0.3 is 0 Å². The van der Waals surface area contributed by atoms with Crippen molar-refractivity contribution in [3.05, 3.63) is 79.3 Å². The average Bonchev–Trinajstić information content (AvgIpc) is 2.51. The molecule has 2 aromatic rings. The van der Waals surface area contributed by atoms with E-state index in [1.165, 1.54) is 0 Å². The first kappa shape index (κ1) is 11.9. The lowest BCUT2D eigenvalue weighted by Crippen LogP contribution is -2.14. The number of aryl methyl sites for hydroxylation is 1. The standard InChI is InChI=1S/C17H10O4/c1-9-6-7-12-13(8-9)21-17-15(19)11-5-3-2-4-10(11)14(18)16(17)20-12/h2-8H,1H3. The highest BCUT2D eigenvalue weighted by Crippen LogP contribution is 2.17. The topological polar surface area (TPSA) is 60.4 Å².